The van der Waals surface area contributed by atoms with E-state index in [0.29, 0.717) is 17.1 Å². The Balaban J connectivity index is 1.94. The van der Waals surface area contributed by atoms with E-state index in [0.717, 1.165) is 22.2 Å². The second-order valence-electron chi connectivity index (χ2n) is 5.53. The normalized spacial score (nSPS) is 10.9. The monoisotopic (exact) mass is 312 g/mol. The van der Waals surface area contributed by atoms with Gasteiger partial charge in [0.05, 0.1) is 5.52 Å². The average molecular weight is 313 g/mol. The van der Waals surface area contributed by atoms with Crippen molar-refractivity contribution in [2.24, 2.45) is 0 Å². The number of aromatic nitrogens is 1. The highest BCUT2D eigenvalue weighted by Gasteiger charge is 2.06. The molecule has 2 aromatic carbocycles. The zero-order valence-electron chi connectivity index (χ0n) is 12.5. The quantitative estimate of drug-likeness (QED) is 0.752. The fraction of sp³-hybridized carbons (Fsp3) is 0.167. The minimum Gasteiger partial charge on any atom is -0.381 e. The predicted molar refractivity (Wildman–Crippen MR) is 92.8 cm³/mol. The molecule has 0 aliphatic heterocycles. The lowest BCUT2D eigenvalue weighted by atomic mass is 10.1. The van der Waals surface area contributed by atoms with E-state index < -0.39 is 0 Å². The molecular formula is C18H17ClN2O. The van der Waals surface area contributed by atoms with Gasteiger partial charge in [0.2, 0.25) is 0 Å². The van der Waals surface area contributed by atoms with E-state index in [1.54, 1.807) is 0 Å². The van der Waals surface area contributed by atoms with E-state index in [2.05, 4.69) is 29.4 Å². The van der Waals surface area contributed by atoms with Crippen LogP contribution in [-0.2, 0) is 6.54 Å². The van der Waals surface area contributed by atoms with Crippen molar-refractivity contribution in [2.75, 3.05) is 5.32 Å². The van der Waals surface area contributed by atoms with E-state index >= 15 is 0 Å². The number of halogens is 1. The van der Waals surface area contributed by atoms with Crippen LogP contribution in [0.3, 0.4) is 0 Å². The molecule has 0 radical (unpaired) electrons. The van der Waals surface area contributed by atoms with Crippen molar-refractivity contribution >= 4 is 28.2 Å². The van der Waals surface area contributed by atoms with Crippen LogP contribution in [0.2, 0.25) is 5.02 Å². The molecule has 0 aliphatic rings. The highest BCUT2D eigenvalue weighted by molar-refractivity contribution is 6.30. The van der Waals surface area contributed by atoms with Crippen LogP contribution in [0.4, 0.5) is 5.69 Å². The smallest absolute Gasteiger partial charge is 0.253 e. The van der Waals surface area contributed by atoms with Gasteiger partial charge in [0, 0.05) is 22.8 Å². The van der Waals surface area contributed by atoms with Gasteiger partial charge in [0.25, 0.3) is 5.56 Å². The van der Waals surface area contributed by atoms with E-state index in [9.17, 15) is 4.79 Å². The SMILES string of the molecule is Cc1cc(C)c2[nH]c(=O)c(CNc3cccc(Cl)c3)cc2c1. The van der Waals surface area contributed by atoms with Crippen molar-refractivity contribution in [3.63, 3.8) is 0 Å². The van der Waals surface area contributed by atoms with Gasteiger partial charge in [-0.2, -0.15) is 0 Å². The van der Waals surface area contributed by atoms with Crippen LogP contribution in [0.1, 0.15) is 16.7 Å². The van der Waals surface area contributed by atoms with Crippen molar-refractivity contribution < 1.29 is 0 Å². The van der Waals surface area contributed by atoms with E-state index in [-0.39, 0.29) is 5.56 Å². The Hall–Kier alpha value is -2.26. The zero-order valence-corrected chi connectivity index (χ0v) is 13.3. The van der Waals surface area contributed by atoms with Crippen molar-refractivity contribution in [1.29, 1.82) is 0 Å². The highest BCUT2D eigenvalue weighted by Crippen LogP contribution is 2.19. The van der Waals surface area contributed by atoms with Crippen LogP contribution in [-0.4, -0.2) is 4.98 Å². The number of benzene rings is 2. The molecule has 0 bridgehead atoms. The number of nitrogens with one attached hydrogen (secondary N) is 2. The first kappa shape index (κ1) is 14.7. The van der Waals surface area contributed by atoms with Crippen LogP contribution in [0.25, 0.3) is 10.9 Å². The third-order valence-electron chi connectivity index (χ3n) is 3.68. The number of hydrogen-bond acceptors (Lipinski definition) is 2. The zero-order chi connectivity index (χ0) is 15.7. The first-order chi connectivity index (χ1) is 10.5. The number of rotatable bonds is 3. The number of H-pyrrole nitrogens is 1. The molecule has 2 N–H and O–H groups in total. The fourth-order valence-electron chi connectivity index (χ4n) is 2.66. The Bertz CT molecular complexity index is 899. The summed E-state index contributed by atoms with van der Waals surface area (Å²) < 4.78 is 0. The Labute approximate surface area is 133 Å². The van der Waals surface area contributed by atoms with E-state index in [4.69, 9.17) is 11.6 Å². The molecule has 1 aromatic heterocycles. The molecule has 3 nitrogen and oxygen atoms in total. The maximum atomic E-state index is 12.2. The van der Waals surface area contributed by atoms with Crippen molar-refractivity contribution in [3.05, 3.63) is 74.5 Å². The van der Waals surface area contributed by atoms with Crippen LogP contribution in [0.5, 0.6) is 0 Å². The first-order valence-corrected chi connectivity index (χ1v) is 7.53. The molecule has 0 aliphatic carbocycles. The molecule has 0 unspecified atom stereocenters. The number of anilines is 1. The topological polar surface area (TPSA) is 44.9 Å². The van der Waals surface area contributed by atoms with Crippen LogP contribution in [0, 0.1) is 13.8 Å². The maximum absolute atomic E-state index is 12.2. The summed E-state index contributed by atoms with van der Waals surface area (Å²) in [6, 6.07) is 13.6. The first-order valence-electron chi connectivity index (χ1n) is 7.15. The predicted octanol–water partition coefficient (Wildman–Crippen LogP) is 4.41. The lowest BCUT2D eigenvalue weighted by Gasteiger charge is -2.09. The number of fused-ring (bicyclic) bond motifs is 1. The molecule has 1 heterocycles. The second kappa shape index (κ2) is 5.85. The third-order valence-corrected chi connectivity index (χ3v) is 3.91. The van der Waals surface area contributed by atoms with Gasteiger partial charge < -0.3 is 10.3 Å². The largest absolute Gasteiger partial charge is 0.381 e. The molecule has 0 saturated carbocycles. The van der Waals surface area contributed by atoms with Crippen LogP contribution >= 0.6 is 11.6 Å². The molecule has 3 aromatic rings. The molecule has 112 valence electrons. The molecule has 3 rings (SSSR count). The summed E-state index contributed by atoms with van der Waals surface area (Å²) in [6.07, 6.45) is 0. The lowest BCUT2D eigenvalue weighted by Crippen LogP contribution is -2.16. The molecule has 4 heteroatoms. The maximum Gasteiger partial charge on any atom is 0.253 e. The van der Waals surface area contributed by atoms with E-state index in [1.807, 2.05) is 37.3 Å². The fourth-order valence-corrected chi connectivity index (χ4v) is 2.85. The summed E-state index contributed by atoms with van der Waals surface area (Å²) >= 11 is 5.96. The summed E-state index contributed by atoms with van der Waals surface area (Å²) in [5.41, 5.74) is 4.72. The van der Waals surface area contributed by atoms with Gasteiger partial charge >= 0.3 is 0 Å². The van der Waals surface area contributed by atoms with Gasteiger partial charge in [-0.15, -0.1) is 0 Å². The van der Waals surface area contributed by atoms with Crippen LogP contribution in [0.15, 0.2) is 47.3 Å². The summed E-state index contributed by atoms with van der Waals surface area (Å²) in [5, 5.41) is 4.96. The van der Waals surface area contributed by atoms with Crippen molar-refractivity contribution in [1.82, 2.24) is 4.98 Å². The Morgan fingerprint density at radius 3 is 2.73 bits per heavy atom. The summed E-state index contributed by atoms with van der Waals surface area (Å²) in [4.78, 5) is 15.2. The Kier molecular flexibility index (Phi) is 3.90. The summed E-state index contributed by atoms with van der Waals surface area (Å²) in [7, 11) is 0. The van der Waals surface area contributed by atoms with Gasteiger partial charge in [-0.25, -0.2) is 0 Å². The molecule has 0 atom stereocenters. The number of aromatic amines is 1. The molecule has 0 fully saturated rings. The minimum atomic E-state index is -0.0611. The highest BCUT2D eigenvalue weighted by atomic mass is 35.5. The third kappa shape index (κ3) is 3.00. The standard InChI is InChI=1S/C18H17ClN2O/c1-11-6-12(2)17-13(7-11)8-14(18(22)21-17)10-20-16-5-3-4-15(19)9-16/h3-9,20H,10H2,1-2H3,(H,21,22). The number of hydrogen-bond donors (Lipinski definition) is 2. The van der Waals surface area contributed by atoms with E-state index in [1.165, 1.54) is 5.56 Å². The molecule has 22 heavy (non-hydrogen) atoms. The Morgan fingerprint density at radius 1 is 1.14 bits per heavy atom. The number of pyridine rings is 1. The van der Waals surface area contributed by atoms with Gasteiger partial charge in [-0.1, -0.05) is 29.3 Å². The molecule has 0 amide bonds. The number of aryl methyl sites for hydroxylation is 2. The average Bonchev–Trinajstić information content (AvgIpc) is 2.46. The van der Waals surface area contributed by atoms with Gasteiger partial charge in [-0.05, 0) is 55.1 Å². The van der Waals surface area contributed by atoms with Crippen LogP contribution < -0.4 is 10.9 Å². The van der Waals surface area contributed by atoms with Gasteiger partial charge in [-0.3, -0.25) is 4.79 Å². The van der Waals surface area contributed by atoms with Crippen molar-refractivity contribution in [3.8, 4) is 0 Å². The van der Waals surface area contributed by atoms with Gasteiger partial charge in [0.15, 0.2) is 0 Å². The van der Waals surface area contributed by atoms with Gasteiger partial charge in [0.1, 0.15) is 0 Å². The Morgan fingerprint density at radius 2 is 1.95 bits per heavy atom. The summed E-state index contributed by atoms with van der Waals surface area (Å²) in [6.45, 7) is 4.52. The van der Waals surface area contributed by atoms with Crippen molar-refractivity contribution in [2.45, 2.75) is 20.4 Å². The molecule has 0 saturated heterocycles. The second-order valence-corrected chi connectivity index (χ2v) is 5.97. The minimum absolute atomic E-state index is 0.0611. The summed E-state index contributed by atoms with van der Waals surface area (Å²) in [5.74, 6) is 0. The molecule has 0 spiro atoms. The lowest BCUT2D eigenvalue weighted by molar-refractivity contribution is 1.09. The molecular weight excluding hydrogens is 296 g/mol.